The molecule has 0 fully saturated rings. The highest BCUT2D eigenvalue weighted by Gasteiger charge is 2.05. The van der Waals surface area contributed by atoms with E-state index in [1.807, 2.05) is 18.2 Å². The number of ether oxygens (including phenoxy) is 1. The van der Waals surface area contributed by atoms with Crippen LogP contribution in [-0.2, 0) is 4.74 Å². The highest BCUT2D eigenvalue weighted by molar-refractivity contribution is 5.89. The molecule has 2 nitrogen and oxygen atoms in total. The van der Waals surface area contributed by atoms with Crippen molar-refractivity contribution in [3.63, 3.8) is 0 Å². The van der Waals surface area contributed by atoms with E-state index >= 15 is 0 Å². The number of carbonyl (C=O) groups is 1. The molecule has 22 heavy (non-hydrogen) atoms. The molecule has 0 aliphatic carbocycles. The molecule has 0 saturated heterocycles. The molecule has 0 spiro atoms. The first-order chi connectivity index (χ1) is 10.7. The molecule has 1 rings (SSSR count). The third-order valence-electron chi connectivity index (χ3n) is 3.57. The molecule has 1 atom stereocenters. The summed E-state index contributed by atoms with van der Waals surface area (Å²) < 4.78 is 29.7. The Morgan fingerprint density at radius 2 is 1.55 bits per heavy atom. The lowest BCUT2D eigenvalue weighted by molar-refractivity contribution is 0.0497. The quantitative estimate of drug-likeness (QED) is 0.388. The van der Waals surface area contributed by atoms with Crippen molar-refractivity contribution in [2.75, 3.05) is 13.3 Å². The summed E-state index contributed by atoms with van der Waals surface area (Å²) in [6.07, 6.45) is 5.92. The van der Waals surface area contributed by atoms with Gasteiger partial charge in [0.05, 0.1) is 12.2 Å². The van der Waals surface area contributed by atoms with E-state index in [1.165, 1.54) is 0 Å². The molecule has 0 aromatic heterocycles. The summed E-state index contributed by atoms with van der Waals surface area (Å²) in [4.78, 5) is 11.7. The van der Waals surface area contributed by atoms with Crippen molar-refractivity contribution in [2.24, 2.45) is 0 Å². The van der Waals surface area contributed by atoms with Crippen LogP contribution in [-0.4, -0.2) is 25.4 Å². The second-order valence-electron chi connectivity index (χ2n) is 5.52. The average Bonchev–Trinajstić information content (AvgIpc) is 2.56. The van der Waals surface area contributed by atoms with Gasteiger partial charge < -0.3 is 4.74 Å². The van der Waals surface area contributed by atoms with Crippen LogP contribution in [0.5, 0.6) is 0 Å². The smallest absolute Gasteiger partial charge is 0.338 e. The molecular formula is C18H26F2O2. The van der Waals surface area contributed by atoms with E-state index in [1.54, 1.807) is 12.1 Å². The van der Waals surface area contributed by atoms with Crippen LogP contribution < -0.4 is 0 Å². The Morgan fingerprint density at radius 1 is 0.955 bits per heavy atom. The highest BCUT2D eigenvalue weighted by atomic mass is 19.2. The Morgan fingerprint density at radius 3 is 2.18 bits per heavy atom. The van der Waals surface area contributed by atoms with Gasteiger partial charge in [0, 0.05) is 0 Å². The topological polar surface area (TPSA) is 26.3 Å². The van der Waals surface area contributed by atoms with Crippen molar-refractivity contribution in [3.05, 3.63) is 35.9 Å². The number of benzene rings is 1. The summed E-state index contributed by atoms with van der Waals surface area (Å²) in [5.74, 6) is -0.269. The number of alkyl halides is 2. The number of carbonyl (C=O) groups excluding carboxylic acids is 1. The Bertz CT molecular complexity index is 395. The molecule has 0 N–H and O–H groups in total. The van der Waals surface area contributed by atoms with E-state index in [4.69, 9.17) is 4.74 Å². The fourth-order valence-electron chi connectivity index (χ4n) is 2.25. The number of rotatable bonds is 12. The van der Waals surface area contributed by atoms with Gasteiger partial charge in [0.2, 0.25) is 0 Å². The van der Waals surface area contributed by atoms with Gasteiger partial charge in [-0.15, -0.1) is 0 Å². The van der Waals surface area contributed by atoms with E-state index in [0.717, 1.165) is 44.9 Å². The summed E-state index contributed by atoms with van der Waals surface area (Å²) in [5, 5.41) is 0. The van der Waals surface area contributed by atoms with Crippen molar-refractivity contribution in [1.29, 1.82) is 0 Å². The Labute approximate surface area is 131 Å². The molecule has 0 aliphatic rings. The minimum atomic E-state index is -1.28. The molecule has 0 heterocycles. The number of hydrogen-bond donors (Lipinski definition) is 0. The zero-order valence-electron chi connectivity index (χ0n) is 13.1. The summed E-state index contributed by atoms with van der Waals surface area (Å²) in [6.45, 7) is -0.407. The molecule has 124 valence electrons. The maximum atomic E-state index is 12.6. The van der Waals surface area contributed by atoms with Gasteiger partial charge in [-0.2, -0.15) is 0 Å². The number of halogens is 2. The summed E-state index contributed by atoms with van der Waals surface area (Å²) in [7, 11) is 0. The SMILES string of the molecule is O=C(OCCCCCCCCC[C@@H](F)CF)c1ccccc1. The molecule has 0 aliphatic heterocycles. The van der Waals surface area contributed by atoms with E-state index < -0.39 is 12.8 Å². The first-order valence-electron chi connectivity index (χ1n) is 8.16. The first-order valence-corrected chi connectivity index (χ1v) is 8.16. The molecule has 0 saturated carbocycles. The van der Waals surface area contributed by atoms with Crippen molar-refractivity contribution in [1.82, 2.24) is 0 Å². The van der Waals surface area contributed by atoms with Gasteiger partial charge in [-0.3, -0.25) is 0 Å². The molecular weight excluding hydrogens is 286 g/mol. The minimum Gasteiger partial charge on any atom is -0.462 e. The van der Waals surface area contributed by atoms with Gasteiger partial charge in [-0.05, 0) is 25.0 Å². The predicted octanol–water partition coefficient (Wildman–Crippen LogP) is 5.27. The molecule has 0 unspecified atom stereocenters. The number of hydrogen-bond acceptors (Lipinski definition) is 2. The monoisotopic (exact) mass is 312 g/mol. The lowest BCUT2D eigenvalue weighted by Crippen LogP contribution is -2.06. The Balaban J connectivity index is 1.89. The summed E-state index contributed by atoms with van der Waals surface area (Å²) in [5.41, 5.74) is 0.585. The molecule has 1 aromatic carbocycles. The Kier molecular flexibility index (Phi) is 10.3. The van der Waals surface area contributed by atoms with Gasteiger partial charge in [0.25, 0.3) is 0 Å². The predicted molar refractivity (Wildman–Crippen MR) is 84.5 cm³/mol. The molecule has 1 aromatic rings. The number of unbranched alkanes of at least 4 members (excludes halogenated alkanes) is 6. The number of esters is 1. The standard InChI is InChI=1S/C18H26F2O2/c19-15-17(20)13-9-4-2-1-3-5-10-14-22-18(21)16-11-7-6-8-12-16/h6-8,11-12,17H,1-5,9-10,13-15H2/t17-/m1/s1. The van der Waals surface area contributed by atoms with Crippen LogP contribution in [0.3, 0.4) is 0 Å². The first kappa shape index (κ1) is 18.6. The minimum absolute atomic E-state index is 0.269. The lowest BCUT2D eigenvalue weighted by atomic mass is 10.1. The molecule has 0 amide bonds. The molecule has 4 heteroatoms. The Hall–Kier alpha value is -1.45. The van der Waals surface area contributed by atoms with E-state index in [-0.39, 0.29) is 5.97 Å². The van der Waals surface area contributed by atoms with E-state index in [0.29, 0.717) is 18.6 Å². The highest BCUT2D eigenvalue weighted by Crippen LogP contribution is 2.11. The second kappa shape index (κ2) is 12.1. The van der Waals surface area contributed by atoms with Crippen LogP contribution >= 0.6 is 0 Å². The van der Waals surface area contributed by atoms with Crippen LogP contribution in [0.2, 0.25) is 0 Å². The third-order valence-corrected chi connectivity index (χ3v) is 3.57. The van der Waals surface area contributed by atoms with E-state index in [9.17, 15) is 13.6 Å². The van der Waals surface area contributed by atoms with Gasteiger partial charge in [-0.25, -0.2) is 13.6 Å². The molecule has 0 radical (unpaired) electrons. The fraction of sp³-hybridized carbons (Fsp3) is 0.611. The van der Waals surface area contributed by atoms with Crippen molar-refractivity contribution >= 4 is 5.97 Å². The maximum absolute atomic E-state index is 12.6. The zero-order valence-corrected chi connectivity index (χ0v) is 13.1. The second-order valence-corrected chi connectivity index (χ2v) is 5.52. The zero-order chi connectivity index (χ0) is 16.0. The summed E-state index contributed by atoms with van der Waals surface area (Å²) in [6, 6.07) is 8.98. The fourth-order valence-corrected chi connectivity index (χ4v) is 2.25. The molecule has 0 bridgehead atoms. The van der Waals surface area contributed by atoms with Crippen LogP contribution in [0.4, 0.5) is 8.78 Å². The van der Waals surface area contributed by atoms with Crippen LogP contribution in [0.25, 0.3) is 0 Å². The van der Waals surface area contributed by atoms with Crippen molar-refractivity contribution < 1.29 is 18.3 Å². The largest absolute Gasteiger partial charge is 0.462 e. The van der Waals surface area contributed by atoms with Crippen LogP contribution in [0.15, 0.2) is 30.3 Å². The average molecular weight is 312 g/mol. The van der Waals surface area contributed by atoms with Gasteiger partial charge in [-0.1, -0.05) is 56.7 Å². The van der Waals surface area contributed by atoms with Gasteiger partial charge >= 0.3 is 5.97 Å². The van der Waals surface area contributed by atoms with Crippen LogP contribution in [0, 0.1) is 0 Å². The van der Waals surface area contributed by atoms with Crippen molar-refractivity contribution in [2.45, 2.75) is 57.5 Å². The van der Waals surface area contributed by atoms with Crippen molar-refractivity contribution in [3.8, 4) is 0 Å². The summed E-state index contributed by atoms with van der Waals surface area (Å²) >= 11 is 0. The van der Waals surface area contributed by atoms with Gasteiger partial charge in [0.1, 0.15) is 12.8 Å². The van der Waals surface area contributed by atoms with E-state index in [2.05, 4.69) is 0 Å². The lowest BCUT2D eigenvalue weighted by Gasteiger charge is -2.05. The normalized spacial score (nSPS) is 12.1. The third kappa shape index (κ3) is 8.75. The maximum Gasteiger partial charge on any atom is 0.338 e. The van der Waals surface area contributed by atoms with Crippen LogP contribution in [0.1, 0.15) is 61.7 Å². The van der Waals surface area contributed by atoms with Gasteiger partial charge in [0.15, 0.2) is 0 Å².